The number of hydrogen-bond acceptors (Lipinski definition) is 3. The van der Waals surface area contributed by atoms with Crippen LogP contribution in [-0.4, -0.2) is 43.2 Å². The minimum atomic E-state index is -0.377. The summed E-state index contributed by atoms with van der Waals surface area (Å²) < 4.78 is 5.15. The summed E-state index contributed by atoms with van der Waals surface area (Å²) in [5.41, 5.74) is 4.95. The maximum atomic E-state index is 10.4. The number of rotatable bonds is 5. The number of likely N-dealkylation sites (tertiary alicyclic amines) is 1. The quantitative estimate of drug-likeness (QED) is 0.631. The van der Waals surface area contributed by atoms with Gasteiger partial charge in [-0.15, -0.1) is 0 Å². The van der Waals surface area contributed by atoms with Gasteiger partial charge in [0.05, 0.1) is 6.61 Å². The van der Waals surface area contributed by atoms with Crippen LogP contribution in [0.4, 0.5) is 0 Å². The first-order valence-electron chi connectivity index (χ1n) is 4.86. The van der Waals surface area contributed by atoms with Gasteiger partial charge in [0.2, 0.25) is 5.91 Å². The van der Waals surface area contributed by atoms with Crippen LogP contribution in [0.15, 0.2) is 0 Å². The predicted octanol–water partition coefficient (Wildman–Crippen LogP) is -0.417. The van der Waals surface area contributed by atoms with E-state index < -0.39 is 0 Å². The van der Waals surface area contributed by atoms with Gasteiger partial charge in [-0.25, -0.2) is 0 Å². The average molecular weight is 184 g/mol. The van der Waals surface area contributed by atoms with Gasteiger partial charge >= 0.3 is 0 Å². The third-order valence-electron chi connectivity index (χ3n) is 2.65. The number of amides is 1. The first-order valence-corrected chi connectivity index (χ1v) is 4.86. The summed E-state index contributed by atoms with van der Waals surface area (Å²) in [6.07, 6.45) is 2.74. The van der Waals surface area contributed by atoms with Gasteiger partial charge < -0.3 is 10.5 Å². The van der Waals surface area contributed by atoms with Crippen LogP contribution in [-0.2, 0) is 9.53 Å². The number of nitrogens with two attached hydrogens (primary N) is 1. The molecule has 2 fully saturated rings. The zero-order valence-corrected chi connectivity index (χ0v) is 7.74. The molecule has 0 unspecified atom stereocenters. The lowest BCUT2D eigenvalue weighted by atomic mass is 10.0. The van der Waals surface area contributed by atoms with Gasteiger partial charge in [-0.3, -0.25) is 9.69 Å². The molecular weight excluding hydrogens is 168 g/mol. The smallest absolute Gasteiger partial charge is 0.243 e. The van der Waals surface area contributed by atoms with E-state index in [0.29, 0.717) is 12.5 Å². The van der Waals surface area contributed by atoms with Crippen molar-refractivity contribution in [3.05, 3.63) is 0 Å². The lowest BCUT2D eigenvalue weighted by Crippen LogP contribution is -2.49. The maximum absolute atomic E-state index is 10.4. The molecule has 0 spiro atoms. The van der Waals surface area contributed by atoms with Crippen molar-refractivity contribution in [2.24, 2.45) is 11.7 Å². The Balaban J connectivity index is 1.51. The fourth-order valence-corrected chi connectivity index (χ4v) is 1.78. The van der Waals surface area contributed by atoms with Crippen LogP contribution in [0.2, 0.25) is 0 Å². The highest BCUT2D eigenvalue weighted by atomic mass is 16.5. The van der Waals surface area contributed by atoms with Crippen LogP contribution >= 0.6 is 0 Å². The third kappa shape index (κ3) is 2.42. The van der Waals surface area contributed by atoms with E-state index in [0.717, 1.165) is 19.1 Å². The molecule has 2 N–H and O–H groups in total. The molecule has 0 radical (unpaired) electrons. The summed E-state index contributed by atoms with van der Waals surface area (Å²) in [6, 6.07) is 0.868. The lowest BCUT2D eigenvalue weighted by Gasteiger charge is -2.39. The van der Waals surface area contributed by atoms with Gasteiger partial charge in [0.15, 0.2) is 0 Å². The summed E-state index contributed by atoms with van der Waals surface area (Å²) in [4.78, 5) is 12.8. The highest BCUT2D eigenvalue weighted by Gasteiger charge is 2.37. The molecule has 0 aromatic heterocycles. The monoisotopic (exact) mass is 184 g/mol. The Kier molecular flexibility index (Phi) is 2.51. The van der Waals surface area contributed by atoms with E-state index >= 15 is 0 Å². The molecule has 1 aliphatic heterocycles. The van der Waals surface area contributed by atoms with Crippen molar-refractivity contribution >= 4 is 5.91 Å². The molecule has 1 saturated heterocycles. The van der Waals surface area contributed by atoms with Crippen LogP contribution in [0.25, 0.3) is 0 Å². The summed E-state index contributed by atoms with van der Waals surface area (Å²) in [5.74, 6) is 0.248. The van der Waals surface area contributed by atoms with Crippen LogP contribution in [0.5, 0.6) is 0 Å². The van der Waals surface area contributed by atoms with Crippen molar-refractivity contribution in [3.8, 4) is 0 Å². The maximum Gasteiger partial charge on any atom is 0.243 e. The van der Waals surface area contributed by atoms with Gasteiger partial charge in [-0.1, -0.05) is 0 Å². The Labute approximate surface area is 78.0 Å². The summed E-state index contributed by atoms with van der Waals surface area (Å²) >= 11 is 0. The van der Waals surface area contributed by atoms with Crippen molar-refractivity contribution in [2.75, 3.05) is 26.3 Å². The largest absolute Gasteiger partial charge is 0.371 e. The Morgan fingerprint density at radius 3 is 2.69 bits per heavy atom. The topological polar surface area (TPSA) is 55.6 Å². The first kappa shape index (κ1) is 8.97. The minimum Gasteiger partial charge on any atom is -0.371 e. The Hall–Kier alpha value is -0.610. The SMILES string of the molecule is NC(=O)COCC1CN(C2CC2)C1. The minimum absolute atomic E-state index is 0.0694. The van der Waals surface area contributed by atoms with Crippen molar-refractivity contribution < 1.29 is 9.53 Å². The molecule has 0 aromatic carbocycles. The molecule has 1 saturated carbocycles. The average Bonchev–Trinajstić information content (AvgIpc) is 2.75. The van der Waals surface area contributed by atoms with Crippen LogP contribution in [0, 0.1) is 5.92 Å². The molecule has 0 aromatic rings. The van der Waals surface area contributed by atoms with Gasteiger partial charge in [-0.05, 0) is 12.8 Å². The number of primary amides is 1. The molecule has 2 rings (SSSR count). The molecule has 13 heavy (non-hydrogen) atoms. The first-order chi connectivity index (χ1) is 6.25. The van der Waals surface area contributed by atoms with E-state index in [1.54, 1.807) is 0 Å². The van der Waals surface area contributed by atoms with E-state index in [-0.39, 0.29) is 12.5 Å². The molecule has 0 atom stereocenters. The van der Waals surface area contributed by atoms with E-state index in [9.17, 15) is 4.79 Å². The summed E-state index contributed by atoms with van der Waals surface area (Å²) in [7, 11) is 0. The molecule has 4 nitrogen and oxygen atoms in total. The second-order valence-corrected chi connectivity index (χ2v) is 4.03. The second kappa shape index (κ2) is 3.64. The van der Waals surface area contributed by atoms with Gasteiger partial charge in [0, 0.05) is 25.0 Å². The van der Waals surface area contributed by atoms with E-state index in [4.69, 9.17) is 10.5 Å². The fourth-order valence-electron chi connectivity index (χ4n) is 1.78. The van der Waals surface area contributed by atoms with E-state index in [2.05, 4.69) is 4.90 Å². The highest BCUT2D eigenvalue weighted by Crippen LogP contribution is 2.32. The molecule has 2 aliphatic rings. The molecular formula is C9H16N2O2. The van der Waals surface area contributed by atoms with E-state index in [1.807, 2.05) is 0 Å². The Morgan fingerprint density at radius 2 is 2.15 bits per heavy atom. The lowest BCUT2D eigenvalue weighted by molar-refractivity contribution is -0.123. The molecule has 1 aliphatic carbocycles. The van der Waals surface area contributed by atoms with Crippen LogP contribution in [0.3, 0.4) is 0 Å². The molecule has 74 valence electrons. The summed E-state index contributed by atoms with van der Waals surface area (Å²) in [5, 5.41) is 0. The zero-order chi connectivity index (χ0) is 9.26. The fraction of sp³-hybridized carbons (Fsp3) is 0.889. The van der Waals surface area contributed by atoms with Crippen LogP contribution in [0.1, 0.15) is 12.8 Å². The van der Waals surface area contributed by atoms with Crippen molar-refractivity contribution in [3.63, 3.8) is 0 Å². The highest BCUT2D eigenvalue weighted by molar-refractivity contribution is 5.74. The zero-order valence-electron chi connectivity index (χ0n) is 7.74. The summed E-state index contributed by atoms with van der Waals surface area (Å²) in [6.45, 7) is 3.04. The van der Waals surface area contributed by atoms with Crippen molar-refractivity contribution in [2.45, 2.75) is 18.9 Å². The molecule has 4 heteroatoms. The predicted molar refractivity (Wildman–Crippen MR) is 48.1 cm³/mol. The van der Waals surface area contributed by atoms with E-state index in [1.165, 1.54) is 12.8 Å². The second-order valence-electron chi connectivity index (χ2n) is 4.03. The molecule has 1 heterocycles. The normalized spacial score (nSPS) is 24.3. The Bertz CT molecular complexity index is 198. The third-order valence-corrected chi connectivity index (χ3v) is 2.65. The molecule has 0 bridgehead atoms. The van der Waals surface area contributed by atoms with Gasteiger partial charge in [0.25, 0.3) is 0 Å². The Morgan fingerprint density at radius 1 is 1.46 bits per heavy atom. The van der Waals surface area contributed by atoms with Gasteiger partial charge in [-0.2, -0.15) is 0 Å². The van der Waals surface area contributed by atoms with Crippen molar-refractivity contribution in [1.82, 2.24) is 4.90 Å². The van der Waals surface area contributed by atoms with Crippen LogP contribution < -0.4 is 5.73 Å². The number of nitrogens with zero attached hydrogens (tertiary/aromatic N) is 1. The number of ether oxygens (including phenoxy) is 1. The molecule has 1 amide bonds. The number of hydrogen-bond donors (Lipinski definition) is 1. The number of carbonyl (C=O) groups is 1. The van der Waals surface area contributed by atoms with Gasteiger partial charge in [0.1, 0.15) is 6.61 Å². The number of carbonyl (C=O) groups excluding carboxylic acids is 1. The van der Waals surface area contributed by atoms with Crippen molar-refractivity contribution in [1.29, 1.82) is 0 Å². The standard InChI is InChI=1S/C9H16N2O2/c10-9(12)6-13-5-7-3-11(4-7)8-1-2-8/h7-8H,1-6H2,(H2,10,12).